The molecular weight excluding hydrogens is 326 g/mol. The number of halogens is 1. The minimum atomic E-state index is 0. The molecule has 1 aliphatic rings. The zero-order valence-corrected chi connectivity index (χ0v) is 14.5. The van der Waals surface area contributed by atoms with Crippen molar-refractivity contribution in [3.8, 4) is 11.4 Å². The minimum Gasteiger partial charge on any atom is -0.337 e. The van der Waals surface area contributed by atoms with Crippen molar-refractivity contribution in [3.63, 3.8) is 0 Å². The summed E-state index contributed by atoms with van der Waals surface area (Å²) >= 11 is 0. The van der Waals surface area contributed by atoms with Crippen LogP contribution in [0.15, 0.2) is 34.9 Å². The molecule has 4 rings (SSSR count). The van der Waals surface area contributed by atoms with Gasteiger partial charge in [-0.2, -0.15) is 10.1 Å². The molecule has 1 aliphatic heterocycles. The van der Waals surface area contributed by atoms with E-state index in [0.717, 1.165) is 36.5 Å². The molecule has 1 atom stereocenters. The Morgan fingerprint density at radius 2 is 2.12 bits per heavy atom. The number of hydrogen-bond donors (Lipinski definition) is 1. The molecule has 6 nitrogen and oxygen atoms in total. The lowest BCUT2D eigenvalue weighted by atomic mass is 10.1. The van der Waals surface area contributed by atoms with Crippen molar-refractivity contribution in [3.05, 3.63) is 53.2 Å². The lowest BCUT2D eigenvalue weighted by Gasteiger charge is -2.23. The predicted octanol–water partition coefficient (Wildman–Crippen LogP) is 3.05. The van der Waals surface area contributed by atoms with E-state index in [1.165, 1.54) is 5.56 Å². The van der Waals surface area contributed by atoms with Crippen LogP contribution in [0.3, 0.4) is 0 Å². The number of aromatic nitrogens is 4. The molecule has 126 valence electrons. The van der Waals surface area contributed by atoms with Gasteiger partial charge in [-0.1, -0.05) is 23.4 Å². The van der Waals surface area contributed by atoms with Gasteiger partial charge in [-0.05, 0) is 44.5 Å². The van der Waals surface area contributed by atoms with Gasteiger partial charge in [-0.25, -0.2) is 0 Å². The summed E-state index contributed by atoms with van der Waals surface area (Å²) in [6.45, 7) is 5.83. The van der Waals surface area contributed by atoms with Gasteiger partial charge in [0.1, 0.15) is 0 Å². The number of hydrogen-bond acceptors (Lipinski definition) is 5. The van der Waals surface area contributed by atoms with Crippen molar-refractivity contribution in [2.24, 2.45) is 0 Å². The lowest BCUT2D eigenvalue weighted by Crippen LogP contribution is -2.35. The summed E-state index contributed by atoms with van der Waals surface area (Å²) in [6.07, 6.45) is 1.06. The monoisotopic (exact) mass is 345 g/mol. The standard InChI is InChI=1S/C17H19N5O.ClH/c1-11-8-12(2)22(20-11)10-13-4-3-5-14(9-13)16-19-17(23-21-16)15-6-7-18-15;/h3-5,8-9,15,18H,6-7,10H2,1-2H3;1H/t15-;/m1./s1. The first-order chi connectivity index (χ1) is 11.2. The molecule has 1 aromatic carbocycles. The fraction of sp³-hybridized carbons (Fsp3) is 0.353. The first kappa shape index (κ1) is 16.7. The third-order valence-electron chi connectivity index (χ3n) is 4.18. The maximum absolute atomic E-state index is 5.36. The molecule has 1 N–H and O–H groups in total. The number of benzene rings is 1. The lowest BCUT2D eigenvalue weighted by molar-refractivity contribution is 0.273. The molecule has 7 heteroatoms. The normalized spacial score (nSPS) is 16.5. The van der Waals surface area contributed by atoms with Crippen LogP contribution in [-0.4, -0.2) is 26.5 Å². The van der Waals surface area contributed by atoms with Crippen molar-refractivity contribution in [1.82, 2.24) is 25.2 Å². The second-order valence-electron chi connectivity index (χ2n) is 6.04. The first-order valence-electron chi connectivity index (χ1n) is 7.86. The highest BCUT2D eigenvalue weighted by Crippen LogP contribution is 2.24. The van der Waals surface area contributed by atoms with Gasteiger partial charge >= 0.3 is 0 Å². The Morgan fingerprint density at radius 3 is 2.79 bits per heavy atom. The summed E-state index contributed by atoms with van der Waals surface area (Å²) in [4.78, 5) is 4.51. The van der Waals surface area contributed by atoms with Gasteiger partial charge in [0.05, 0.1) is 18.3 Å². The molecule has 3 heterocycles. The molecule has 0 unspecified atom stereocenters. The fourth-order valence-corrected chi connectivity index (χ4v) is 2.81. The predicted molar refractivity (Wildman–Crippen MR) is 93.1 cm³/mol. The van der Waals surface area contributed by atoms with Crippen LogP contribution < -0.4 is 5.32 Å². The van der Waals surface area contributed by atoms with Crippen LogP contribution in [0.4, 0.5) is 0 Å². The van der Waals surface area contributed by atoms with Gasteiger partial charge in [0, 0.05) is 11.3 Å². The summed E-state index contributed by atoms with van der Waals surface area (Å²) < 4.78 is 7.37. The third-order valence-corrected chi connectivity index (χ3v) is 4.18. The Balaban J connectivity index is 0.00000169. The molecule has 0 radical (unpaired) electrons. The SMILES string of the molecule is Cc1cc(C)n(Cc2cccc(-c3noc([C@H]4CCN4)n3)c2)n1.Cl. The molecule has 0 amide bonds. The molecule has 3 aromatic rings. The first-order valence-corrected chi connectivity index (χ1v) is 7.86. The van der Waals surface area contributed by atoms with Gasteiger partial charge in [0.25, 0.3) is 0 Å². The zero-order valence-electron chi connectivity index (χ0n) is 13.7. The molecule has 0 spiro atoms. The van der Waals surface area contributed by atoms with E-state index in [4.69, 9.17) is 4.52 Å². The molecule has 0 saturated carbocycles. The topological polar surface area (TPSA) is 68.8 Å². The highest BCUT2D eigenvalue weighted by atomic mass is 35.5. The maximum atomic E-state index is 5.36. The average Bonchev–Trinajstić information content (AvgIpc) is 3.05. The van der Waals surface area contributed by atoms with Crippen molar-refractivity contribution in [1.29, 1.82) is 0 Å². The molecule has 2 aromatic heterocycles. The molecule has 1 fully saturated rings. The minimum absolute atomic E-state index is 0. The number of aryl methyl sites for hydroxylation is 2. The van der Waals surface area contributed by atoms with Crippen molar-refractivity contribution >= 4 is 12.4 Å². The Hall–Kier alpha value is -2.18. The molecule has 24 heavy (non-hydrogen) atoms. The highest BCUT2D eigenvalue weighted by Gasteiger charge is 2.24. The van der Waals surface area contributed by atoms with Crippen molar-refractivity contribution in [2.45, 2.75) is 32.9 Å². The number of nitrogens with zero attached hydrogens (tertiary/aromatic N) is 4. The van der Waals surface area contributed by atoms with Crippen LogP contribution in [-0.2, 0) is 6.54 Å². The largest absolute Gasteiger partial charge is 0.337 e. The highest BCUT2D eigenvalue weighted by molar-refractivity contribution is 5.85. The van der Waals surface area contributed by atoms with E-state index in [9.17, 15) is 0 Å². The van der Waals surface area contributed by atoms with Gasteiger partial charge in [0.15, 0.2) is 0 Å². The molecular formula is C17H20ClN5O. The van der Waals surface area contributed by atoms with Crippen LogP contribution >= 0.6 is 12.4 Å². The summed E-state index contributed by atoms with van der Waals surface area (Å²) in [5.41, 5.74) is 4.33. The van der Waals surface area contributed by atoms with Crippen LogP contribution in [0.5, 0.6) is 0 Å². The van der Waals surface area contributed by atoms with E-state index in [2.05, 4.69) is 45.7 Å². The van der Waals surface area contributed by atoms with Crippen molar-refractivity contribution in [2.75, 3.05) is 6.54 Å². The number of rotatable bonds is 4. The van der Waals surface area contributed by atoms with Gasteiger partial charge in [-0.15, -0.1) is 12.4 Å². The Bertz CT molecular complexity index is 837. The maximum Gasteiger partial charge on any atom is 0.244 e. The molecule has 0 aliphatic carbocycles. The van der Waals surface area contributed by atoms with E-state index in [-0.39, 0.29) is 18.4 Å². The van der Waals surface area contributed by atoms with Gasteiger partial charge in [-0.3, -0.25) is 4.68 Å². The quantitative estimate of drug-likeness (QED) is 0.787. The smallest absolute Gasteiger partial charge is 0.244 e. The third kappa shape index (κ3) is 3.20. The van der Waals surface area contributed by atoms with E-state index in [0.29, 0.717) is 11.7 Å². The second-order valence-corrected chi connectivity index (χ2v) is 6.04. The Morgan fingerprint density at radius 1 is 1.29 bits per heavy atom. The van der Waals surface area contributed by atoms with E-state index in [1.54, 1.807) is 0 Å². The summed E-state index contributed by atoms with van der Waals surface area (Å²) in [5.74, 6) is 1.32. The van der Waals surface area contributed by atoms with E-state index >= 15 is 0 Å². The Labute approximate surface area is 146 Å². The second kappa shape index (κ2) is 6.75. The van der Waals surface area contributed by atoms with Crippen LogP contribution in [0.2, 0.25) is 0 Å². The van der Waals surface area contributed by atoms with Gasteiger partial charge < -0.3 is 9.84 Å². The summed E-state index contributed by atoms with van der Waals surface area (Å²) in [5, 5.41) is 11.9. The fourth-order valence-electron chi connectivity index (χ4n) is 2.81. The summed E-state index contributed by atoms with van der Waals surface area (Å²) in [7, 11) is 0. The summed E-state index contributed by atoms with van der Waals surface area (Å²) in [6, 6.07) is 10.5. The number of nitrogens with one attached hydrogen (secondary N) is 1. The average molecular weight is 346 g/mol. The molecule has 0 bridgehead atoms. The van der Waals surface area contributed by atoms with E-state index < -0.39 is 0 Å². The van der Waals surface area contributed by atoms with E-state index in [1.807, 2.05) is 23.7 Å². The Kier molecular flexibility index (Phi) is 4.69. The zero-order chi connectivity index (χ0) is 15.8. The van der Waals surface area contributed by atoms with Gasteiger partial charge in [0.2, 0.25) is 11.7 Å². The van der Waals surface area contributed by atoms with Crippen LogP contribution in [0, 0.1) is 13.8 Å². The van der Waals surface area contributed by atoms with Crippen LogP contribution in [0.25, 0.3) is 11.4 Å². The van der Waals surface area contributed by atoms with Crippen LogP contribution in [0.1, 0.15) is 35.3 Å². The molecule has 1 saturated heterocycles. The van der Waals surface area contributed by atoms with Crippen molar-refractivity contribution < 1.29 is 4.52 Å².